The number of allylic oxidation sites excluding steroid dienone is 3. The molecule has 0 aromatic heterocycles. The molecule has 0 heterocycles. The Kier molecular flexibility index (Phi) is 26.5. The van der Waals surface area contributed by atoms with Gasteiger partial charge in [0.2, 0.25) is 0 Å². The van der Waals surface area contributed by atoms with Crippen molar-refractivity contribution in [2.24, 2.45) is 5.73 Å². The first kappa shape index (κ1) is 32.6. The lowest BCUT2D eigenvalue weighted by molar-refractivity contribution is -0.141. The van der Waals surface area contributed by atoms with Crippen molar-refractivity contribution >= 4 is 12.1 Å². The van der Waals surface area contributed by atoms with Crippen LogP contribution in [0.2, 0.25) is 0 Å². The molecule has 27 heavy (non-hydrogen) atoms. The van der Waals surface area contributed by atoms with Crippen LogP contribution >= 0.6 is 0 Å². The standard InChI is InChI=1S/C12H19NO4.C4H8.C3H9N.C2H6/c1-6-9(4)13-12(15)17-10(5)7-16-11(14)8(2)3;1-4(2)3;1-3(2)4;1-2/h6,10H,2,7H2,1,3-5H3,(H,13,15);1H2,2-3H3;3H,4H2,1-2H3;1-2H3/b9-6-;;;. The number of hydrogen-bond acceptors (Lipinski definition) is 5. The van der Waals surface area contributed by atoms with Crippen molar-refractivity contribution < 1.29 is 19.1 Å². The van der Waals surface area contributed by atoms with E-state index >= 15 is 0 Å². The van der Waals surface area contributed by atoms with Gasteiger partial charge >= 0.3 is 12.1 Å². The number of carbonyl (C=O) groups excluding carboxylic acids is 2. The first-order chi connectivity index (χ1) is 12.3. The maximum absolute atomic E-state index is 11.3. The molecular weight excluding hydrogens is 344 g/mol. The van der Waals surface area contributed by atoms with Gasteiger partial charge in [-0.3, -0.25) is 5.32 Å². The summed E-state index contributed by atoms with van der Waals surface area (Å²) in [6.45, 7) is 25.6. The quantitative estimate of drug-likeness (QED) is 0.389. The number of esters is 1. The molecule has 6 nitrogen and oxygen atoms in total. The van der Waals surface area contributed by atoms with Crippen LogP contribution in [0, 0.1) is 0 Å². The summed E-state index contributed by atoms with van der Waals surface area (Å²) in [5, 5.41) is 2.51. The third kappa shape index (κ3) is 40.1. The van der Waals surface area contributed by atoms with Gasteiger partial charge in [-0.15, -0.1) is 6.58 Å². The third-order valence-corrected chi connectivity index (χ3v) is 1.84. The van der Waals surface area contributed by atoms with Crippen LogP contribution in [0.3, 0.4) is 0 Å². The van der Waals surface area contributed by atoms with Crippen LogP contribution in [0.1, 0.15) is 69.2 Å². The zero-order valence-electron chi connectivity index (χ0n) is 19.1. The lowest BCUT2D eigenvalue weighted by Gasteiger charge is -2.14. The van der Waals surface area contributed by atoms with Gasteiger partial charge in [0.1, 0.15) is 12.7 Å². The molecule has 160 valence electrons. The van der Waals surface area contributed by atoms with E-state index in [9.17, 15) is 9.59 Å². The Morgan fingerprint density at radius 3 is 1.74 bits per heavy atom. The predicted octanol–water partition coefficient (Wildman–Crippen LogP) is 5.11. The fraction of sp³-hybridized carbons (Fsp3) is 0.619. The van der Waals surface area contributed by atoms with Gasteiger partial charge in [-0.1, -0.05) is 45.9 Å². The van der Waals surface area contributed by atoms with E-state index in [1.165, 1.54) is 5.57 Å². The smallest absolute Gasteiger partial charge is 0.411 e. The number of nitrogens with two attached hydrogens (primary N) is 1. The monoisotopic (exact) mass is 386 g/mol. The molecule has 3 N–H and O–H groups in total. The Labute approximate surface area is 166 Å². The van der Waals surface area contributed by atoms with E-state index < -0.39 is 18.2 Å². The zero-order chi connectivity index (χ0) is 22.6. The van der Waals surface area contributed by atoms with Crippen molar-refractivity contribution in [2.45, 2.75) is 81.4 Å². The first-order valence-corrected chi connectivity index (χ1v) is 9.14. The van der Waals surface area contributed by atoms with Crippen molar-refractivity contribution in [3.63, 3.8) is 0 Å². The minimum absolute atomic E-state index is 0.00794. The van der Waals surface area contributed by atoms with E-state index in [4.69, 9.17) is 15.2 Å². The summed E-state index contributed by atoms with van der Waals surface area (Å²) >= 11 is 0. The van der Waals surface area contributed by atoms with E-state index in [0.717, 1.165) is 0 Å². The molecule has 0 spiro atoms. The first-order valence-electron chi connectivity index (χ1n) is 9.14. The van der Waals surface area contributed by atoms with Crippen LogP contribution in [0.5, 0.6) is 0 Å². The highest BCUT2D eigenvalue weighted by Crippen LogP contribution is 1.98. The second kappa shape index (κ2) is 22.0. The number of alkyl carbamates (subject to hydrolysis) is 1. The maximum Gasteiger partial charge on any atom is 0.411 e. The number of amides is 1. The van der Waals surface area contributed by atoms with Crippen LogP contribution in [0.25, 0.3) is 0 Å². The minimum Gasteiger partial charge on any atom is -0.458 e. The van der Waals surface area contributed by atoms with Crippen LogP contribution < -0.4 is 11.1 Å². The largest absolute Gasteiger partial charge is 0.458 e. The molecule has 0 saturated heterocycles. The summed E-state index contributed by atoms with van der Waals surface area (Å²) in [5.41, 5.74) is 7.28. The number of carbonyl (C=O) groups is 2. The molecule has 0 aliphatic carbocycles. The molecule has 0 aliphatic rings. The van der Waals surface area contributed by atoms with E-state index in [0.29, 0.717) is 17.3 Å². The van der Waals surface area contributed by atoms with Crippen LogP contribution in [-0.4, -0.2) is 30.8 Å². The molecular formula is C21H42N2O4. The zero-order valence-corrected chi connectivity index (χ0v) is 19.1. The lowest BCUT2D eigenvalue weighted by atomic mass is 10.3. The molecule has 0 bridgehead atoms. The Hall–Kier alpha value is -2.08. The second-order valence-corrected chi connectivity index (χ2v) is 6.14. The van der Waals surface area contributed by atoms with Gasteiger partial charge in [0, 0.05) is 11.3 Å². The topological polar surface area (TPSA) is 90.6 Å². The summed E-state index contributed by atoms with van der Waals surface area (Å²) in [7, 11) is 0. The summed E-state index contributed by atoms with van der Waals surface area (Å²) in [6.07, 6.45) is 0.662. The highest BCUT2D eigenvalue weighted by atomic mass is 16.6. The predicted molar refractivity (Wildman–Crippen MR) is 115 cm³/mol. The molecule has 1 unspecified atom stereocenters. The fourth-order valence-electron chi connectivity index (χ4n) is 0.796. The normalized spacial score (nSPS) is 10.4. The van der Waals surface area contributed by atoms with Gasteiger partial charge in [0.25, 0.3) is 0 Å². The highest BCUT2D eigenvalue weighted by molar-refractivity contribution is 5.86. The summed E-state index contributed by atoms with van der Waals surface area (Å²) in [5.74, 6) is -0.495. The van der Waals surface area contributed by atoms with Crippen molar-refractivity contribution in [3.8, 4) is 0 Å². The van der Waals surface area contributed by atoms with Crippen molar-refractivity contribution in [1.82, 2.24) is 5.32 Å². The van der Waals surface area contributed by atoms with Gasteiger partial charge in [-0.25, -0.2) is 9.59 Å². The summed E-state index contributed by atoms with van der Waals surface area (Å²) in [6, 6.07) is 0.333. The van der Waals surface area contributed by atoms with Gasteiger partial charge < -0.3 is 15.2 Å². The number of ether oxygens (including phenoxy) is 2. The molecule has 6 heteroatoms. The maximum atomic E-state index is 11.3. The third-order valence-electron chi connectivity index (χ3n) is 1.84. The fourth-order valence-corrected chi connectivity index (χ4v) is 0.796. The van der Waals surface area contributed by atoms with E-state index in [1.807, 2.05) is 41.5 Å². The molecule has 0 aromatic rings. The minimum atomic E-state index is -0.570. The van der Waals surface area contributed by atoms with E-state index in [1.54, 1.807) is 33.8 Å². The molecule has 0 rings (SSSR count). The van der Waals surface area contributed by atoms with Gasteiger partial charge in [0.15, 0.2) is 0 Å². The van der Waals surface area contributed by atoms with Crippen molar-refractivity contribution in [2.75, 3.05) is 6.61 Å². The molecule has 0 aromatic carbocycles. The van der Waals surface area contributed by atoms with Gasteiger partial charge in [-0.05, 0) is 47.6 Å². The number of hydrogen-bond donors (Lipinski definition) is 2. The van der Waals surface area contributed by atoms with Gasteiger partial charge in [-0.2, -0.15) is 0 Å². The van der Waals surface area contributed by atoms with Crippen LogP contribution in [0.4, 0.5) is 4.79 Å². The average Bonchev–Trinajstić information content (AvgIpc) is 2.52. The SMILES string of the molecule is C=C(C)C.C=C(C)C(=O)OCC(C)OC(=O)N/C(C)=C\C.CC.CC(C)N. The van der Waals surface area contributed by atoms with E-state index in [-0.39, 0.29) is 6.61 Å². The highest BCUT2D eigenvalue weighted by Gasteiger charge is 2.12. The molecule has 1 amide bonds. The Morgan fingerprint density at radius 1 is 1.07 bits per heavy atom. The molecule has 1 atom stereocenters. The Morgan fingerprint density at radius 2 is 1.44 bits per heavy atom. The van der Waals surface area contributed by atoms with Crippen LogP contribution in [0.15, 0.2) is 36.1 Å². The van der Waals surface area contributed by atoms with Crippen molar-refractivity contribution in [1.29, 1.82) is 0 Å². The Bertz CT molecular complexity index is 448. The van der Waals surface area contributed by atoms with Crippen molar-refractivity contribution in [3.05, 3.63) is 36.1 Å². The number of nitrogens with one attached hydrogen (secondary N) is 1. The van der Waals surface area contributed by atoms with Crippen LogP contribution in [-0.2, 0) is 14.3 Å². The molecule has 0 fully saturated rings. The lowest BCUT2D eigenvalue weighted by Crippen LogP contribution is -2.29. The summed E-state index contributed by atoms with van der Waals surface area (Å²) < 4.78 is 9.79. The molecule has 0 radical (unpaired) electrons. The average molecular weight is 387 g/mol. The second-order valence-electron chi connectivity index (χ2n) is 6.14. The Balaban J connectivity index is -0.000000219. The van der Waals surface area contributed by atoms with Gasteiger partial charge in [0.05, 0.1) is 0 Å². The number of rotatable bonds is 5. The summed E-state index contributed by atoms with van der Waals surface area (Å²) in [4.78, 5) is 22.3. The molecule has 0 saturated carbocycles. The molecule has 0 aliphatic heterocycles. The van der Waals surface area contributed by atoms with E-state index in [2.05, 4.69) is 18.5 Å².